The average Bonchev–Trinajstić information content (AvgIpc) is 2.62. The second-order valence-corrected chi connectivity index (χ2v) is 7.34. The number of para-hydroxylation sites is 1. The Morgan fingerprint density at radius 3 is 2.56 bits per heavy atom. The summed E-state index contributed by atoms with van der Waals surface area (Å²) in [5.41, 5.74) is 1.16. The minimum absolute atomic E-state index is 0.0215. The van der Waals surface area contributed by atoms with E-state index >= 15 is 0 Å². The van der Waals surface area contributed by atoms with Gasteiger partial charge in [0.15, 0.2) is 10.9 Å². The van der Waals surface area contributed by atoms with Crippen LogP contribution in [0, 0.1) is 0 Å². The van der Waals surface area contributed by atoms with Crippen molar-refractivity contribution in [2.75, 3.05) is 0 Å². The monoisotopic (exact) mass is 372 g/mol. The summed E-state index contributed by atoms with van der Waals surface area (Å²) in [6, 6.07) is 14.1. The van der Waals surface area contributed by atoms with Crippen molar-refractivity contribution in [2.45, 2.75) is 30.8 Å². The summed E-state index contributed by atoms with van der Waals surface area (Å²) >= 11 is 7.17. The molecule has 1 unspecified atom stereocenters. The zero-order chi connectivity index (χ0) is 18.0. The molecule has 0 aliphatic rings. The van der Waals surface area contributed by atoms with Crippen LogP contribution in [0.3, 0.4) is 0 Å². The maximum atomic E-state index is 12.6. The van der Waals surface area contributed by atoms with Crippen LogP contribution in [0.5, 0.6) is 0 Å². The van der Waals surface area contributed by atoms with E-state index in [9.17, 15) is 9.59 Å². The fourth-order valence-corrected chi connectivity index (χ4v) is 3.75. The fraction of sp³-hybridized carbons (Fsp3) is 0.211. The molecule has 1 heterocycles. The van der Waals surface area contributed by atoms with Gasteiger partial charge in [-0.25, -0.2) is 4.98 Å². The van der Waals surface area contributed by atoms with Gasteiger partial charge in [0, 0.05) is 17.1 Å². The zero-order valence-corrected chi connectivity index (χ0v) is 15.5. The lowest BCUT2D eigenvalue weighted by Gasteiger charge is -2.14. The lowest BCUT2D eigenvalue weighted by atomic mass is 10.1. The number of halogens is 1. The highest BCUT2D eigenvalue weighted by atomic mass is 35.5. The van der Waals surface area contributed by atoms with Crippen LogP contribution in [0.1, 0.15) is 24.2 Å². The first-order valence-corrected chi connectivity index (χ1v) is 9.23. The van der Waals surface area contributed by atoms with Gasteiger partial charge in [-0.1, -0.05) is 35.5 Å². The molecule has 0 spiro atoms. The summed E-state index contributed by atoms with van der Waals surface area (Å²) in [7, 11) is 0. The molecule has 0 N–H and O–H groups in total. The average molecular weight is 373 g/mol. The van der Waals surface area contributed by atoms with E-state index in [1.165, 1.54) is 11.8 Å². The van der Waals surface area contributed by atoms with Gasteiger partial charge in [-0.15, -0.1) is 0 Å². The molecule has 0 saturated heterocycles. The van der Waals surface area contributed by atoms with Crippen molar-refractivity contribution in [3.05, 3.63) is 69.5 Å². The topological polar surface area (TPSA) is 52.0 Å². The molecule has 0 radical (unpaired) electrons. The van der Waals surface area contributed by atoms with Gasteiger partial charge in [-0.2, -0.15) is 0 Å². The first-order chi connectivity index (χ1) is 12.0. The van der Waals surface area contributed by atoms with Crippen LogP contribution in [0.25, 0.3) is 10.9 Å². The number of fused-ring (bicyclic) bond motifs is 1. The smallest absolute Gasteiger partial charge is 0.262 e. The predicted octanol–water partition coefficient (Wildman–Crippen LogP) is 4.43. The largest absolute Gasteiger partial charge is 0.293 e. The number of benzene rings is 2. The van der Waals surface area contributed by atoms with Gasteiger partial charge in [0.05, 0.1) is 16.2 Å². The van der Waals surface area contributed by atoms with Crippen LogP contribution < -0.4 is 5.56 Å². The number of ketones is 1. The molecule has 3 rings (SSSR count). The molecule has 0 fully saturated rings. The molecule has 0 amide bonds. The molecule has 1 atom stereocenters. The number of carbonyl (C=O) groups excluding carboxylic acids is 1. The Hall–Kier alpha value is -2.11. The molecule has 4 nitrogen and oxygen atoms in total. The van der Waals surface area contributed by atoms with E-state index in [0.717, 1.165) is 0 Å². The fourth-order valence-electron chi connectivity index (χ4n) is 2.58. The summed E-state index contributed by atoms with van der Waals surface area (Å²) in [6.45, 7) is 4.22. The minimum atomic E-state index is -0.368. The Balaban J connectivity index is 1.95. The number of nitrogens with zero attached hydrogens (tertiary/aromatic N) is 2. The zero-order valence-electron chi connectivity index (χ0n) is 13.9. The van der Waals surface area contributed by atoms with E-state index in [0.29, 0.717) is 33.2 Å². The minimum Gasteiger partial charge on any atom is -0.293 e. The molecule has 0 aliphatic carbocycles. The third-order valence-electron chi connectivity index (χ3n) is 3.92. The van der Waals surface area contributed by atoms with E-state index in [1.54, 1.807) is 34.9 Å². The summed E-state index contributed by atoms with van der Waals surface area (Å²) in [5.74, 6) is -0.0215. The molecule has 2 aromatic carbocycles. The van der Waals surface area contributed by atoms with Gasteiger partial charge in [-0.05, 0) is 50.2 Å². The van der Waals surface area contributed by atoms with Gasteiger partial charge in [0.1, 0.15) is 0 Å². The standard InChI is InChI=1S/C19H17ClN2O2S/c1-3-22-18(24)15-6-4-5-7-16(15)21-19(22)25-12(2)17(23)13-8-10-14(20)11-9-13/h4-12H,3H2,1-2H3. The Morgan fingerprint density at radius 1 is 1.20 bits per heavy atom. The summed E-state index contributed by atoms with van der Waals surface area (Å²) in [4.78, 5) is 29.9. The predicted molar refractivity (Wildman–Crippen MR) is 103 cm³/mol. The quantitative estimate of drug-likeness (QED) is 0.377. The highest BCUT2D eigenvalue weighted by Crippen LogP contribution is 2.25. The second-order valence-electron chi connectivity index (χ2n) is 5.59. The summed E-state index contributed by atoms with van der Waals surface area (Å²) in [6.07, 6.45) is 0. The van der Waals surface area contributed by atoms with Crippen LogP contribution in [0.2, 0.25) is 5.02 Å². The number of hydrogen-bond acceptors (Lipinski definition) is 4. The van der Waals surface area contributed by atoms with E-state index in [-0.39, 0.29) is 16.6 Å². The molecule has 1 aromatic heterocycles. The highest BCUT2D eigenvalue weighted by Gasteiger charge is 2.20. The Morgan fingerprint density at radius 2 is 1.88 bits per heavy atom. The van der Waals surface area contributed by atoms with Gasteiger partial charge < -0.3 is 0 Å². The number of thioether (sulfide) groups is 1. The Labute approximate surface area is 154 Å². The number of Topliss-reactive ketones (excluding diaryl/α,β-unsaturated/α-hetero) is 1. The van der Waals surface area contributed by atoms with Crippen molar-refractivity contribution >= 4 is 40.0 Å². The molecular formula is C19H17ClN2O2S. The molecular weight excluding hydrogens is 356 g/mol. The van der Waals surface area contributed by atoms with Gasteiger partial charge in [0.25, 0.3) is 5.56 Å². The van der Waals surface area contributed by atoms with Crippen LogP contribution in [-0.4, -0.2) is 20.6 Å². The summed E-state index contributed by atoms with van der Waals surface area (Å²) < 4.78 is 1.61. The number of carbonyl (C=O) groups is 1. The van der Waals surface area contributed by atoms with Crippen molar-refractivity contribution in [3.8, 4) is 0 Å². The number of hydrogen-bond donors (Lipinski definition) is 0. The first kappa shape index (κ1) is 17.7. The van der Waals surface area contributed by atoms with Crippen molar-refractivity contribution in [1.82, 2.24) is 9.55 Å². The summed E-state index contributed by atoms with van der Waals surface area (Å²) in [5, 5.41) is 1.37. The van der Waals surface area contributed by atoms with E-state index in [1.807, 2.05) is 32.0 Å². The number of aromatic nitrogens is 2. The van der Waals surface area contributed by atoms with Crippen LogP contribution in [0.15, 0.2) is 58.5 Å². The van der Waals surface area contributed by atoms with Gasteiger partial charge in [-0.3, -0.25) is 14.2 Å². The van der Waals surface area contributed by atoms with Crippen molar-refractivity contribution in [1.29, 1.82) is 0 Å². The van der Waals surface area contributed by atoms with Crippen molar-refractivity contribution < 1.29 is 4.79 Å². The van der Waals surface area contributed by atoms with E-state index in [2.05, 4.69) is 4.98 Å². The maximum absolute atomic E-state index is 12.6. The third-order valence-corrected chi connectivity index (χ3v) is 5.27. The molecule has 0 saturated carbocycles. The van der Waals surface area contributed by atoms with Crippen LogP contribution in [0.4, 0.5) is 0 Å². The number of rotatable bonds is 5. The molecule has 0 aliphatic heterocycles. The maximum Gasteiger partial charge on any atom is 0.262 e. The Kier molecular flexibility index (Phi) is 5.25. The molecule has 6 heteroatoms. The molecule has 25 heavy (non-hydrogen) atoms. The SMILES string of the molecule is CCn1c(SC(C)C(=O)c2ccc(Cl)cc2)nc2ccccc2c1=O. The van der Waals surface area contributed by atoms with Crippen molar-refractivity contribution in [2.24, 2.45) is 0 Å². The second kappa shape index (κ2) is 7.42. The lowest BCUT2D eigenvalue weighted by Crippen LogP contribution is -2.24. The molecule has 128 valence electrons. The van der Waals surface area contributed by atoms with Crippen molar-refractivity contribution in [3.63, 3.8) is 0 Å². The van der Waals surface area contributed by atoms with Gasteiger partial charge in [0.2, 0.25) is 0 Å². The molecule has 0 bridgehead atoms. The van der Waals surface area contributed by atoms with Crippen LogP contribution >= 0.6 is 23.4 Å². The first-order valence-electron chi connectivity index (χ1n) is 7.97. The van der Waals surface area contributed by atoms with Crippen LogP contribution in [-0.2, 0) is 6.54 Å². The van der Waals surface area contributed by atoms with E-state index < -0.39 is 0 Å². The normalized spacial score (nSPS) is 12.3. The third kappa shape index (κ3) is 3.62. The Bertz CT molecular complexity index is 983. The van der Waals surface area contributed by atoms with E-state index in [4.69, 9.17) is 11.6 Å². The van der Waals surface area contributed by atoms with Gasteiger partial charge >= 0.3 is 0 Å². The molecule has 3 aromatic rings. The highest BCUT2D eigenvalue weighted by molar-refractivity contribution is 8.00. The lowest BCUT2D eigenvalue weighted by molar-refractivity contribution is 0.0994.